The van der Waals surface area contributed by atoms with Gasteiger partial charge < -0.3 is 20.5 Å². The molecule has 1 atom stereocenters. The Morgan fingerprint density at radius 3 is 3.00 bits per heavy atom. The van der Waals surface area contributed by atoms with Crippen LogP contribution in [0.25, 0.3) is 0 Å². The fraction of sp³-hybridized carbons (Fsp3) is 0.500. The number of hydrogen-bond acceptors (Lipinski definition) is 5. The van der Waals surface area contributed by atoms with E-state index in [0.29, 0.717) is 6.61 Å². The summed E-state index contributed by atoms with van der Waals surface area (Å²) >= 11 is 1.43. The Bertz CT molecular complexity index is 428. The van der Waals surface area contributed by atoms with Gasteiger partial charge in [-0.05, 0) is 0 Å². The average Bonchev–Trinajstić information content (AvgIpc) is 2.97. The van der Waals surface area contributed by atoms with Crippen molar-refractivity contribution in [2.75, 3.05) is 13.2 Å². The monoisotopic (exact) mass is 271 g/mol. The minimum absolute atomic E-state index is 0.00749. The molecular weight excluding hydrogens is 258 g/mol. The van der Waals surface area contributed by atoms with Gasteiger partial charge >= 0.3 is 12.0 Å². The fourth-order valence-corrected chi connectivity index (χ4v) is 2.20. The number of aromatic nitrogens is 1. The molecule has 0 saturated carbocycles. The van der Waals surface area contributed by atoms with Crippen molar-refractivity contribution in [2.45, 2.75) is 18.5 Å². The lowest BCUT2D eigenvalue weighted by Crippen LogP contribution is -2.57. The normalized spacial score (nSPS) is 22.7. The first-order chi connectivity index (χ1) is 8.62. The van der Waals surface area contributed by atoms with E-state index >= 15 is 0 Å². The van der Waals surface area contributed by atoms with Crippen LogP contribution in [0.5, 0.6) is 0 Å². The van der Waals surface area contributed by atoms with Crippen LogP contribution in [-0.2, 0) is 16.1 Å². The summed E-state index contributed by atoms with van der Waals surface area (Å²) < 4.78 is 5.04. The quantitative estimate of drug-likeness (QED) is 0.725. The number of amides is 2. The Morgan fingerprint density at radius 2 is 2.44 bits per heavy atom. The van der Waals surface area contributed by atoms with Gasteiger partial charge in [0.1, 0.15) is 0 Å². The Kier molecular flexibility index (Phi) is 3.78. The molecule has 2 amide bonds. The summed E-state index contributed by atoms with van der Waals surface area (Å²) in [6, 6.07) is -0.532. The third-order valence-corrected chi connectivity index (χ3v) is 3.33. The number of urea groups is 1. The third-order valence-electron chi connectivity index (χ3n) is 2.70. The van der Waals surface area contributed by atoms with E-state index in [9.17, 15) is 9.59 Å². The first-order valence-electron chi connectivity index (χ1n) is 5.37. The van der Waals surface area contributed by atoms with Gasteiger partial charge in [-0.15, -0.1) is 11.3 Å². The van der Waals surface area contributed by atoms with Crippen molar-refractivity contribution in [3.05, 3.63) is 16.6 Å². The van der Waals surface area contributed by atoms with Crippen LogP contribution in [0.15, 0.2) is 10.9 Å². The lowest BCUT2D eigenvalue weighted by molar-refractivity contribution is -0.144. The van der Waals surface area contributed by atoms with Gasteiger partial charge in [-0.25, -0.2) is 14.6 Å². The number of nitrogens with zero attached hydrogens (tertiary/aromatic N) is 1. The highest BCUT2D eigenvalue weighted by Gasteiger charge is 2.43. The predicted molar refractivity (Wildman–Crippen MR) is 63.3 cm³/mol. The second kappa shape index (κ2) is 5.32. The maximum atomic E-state index is 11.6. The van der Waals surface area contributed by atoms with E-state index < -0.39 is 17.5 Å². The highest BCUT2D eigenvalue weighted by atomic mass is 32.1. The molecule has 98 valence electrons. The van der Waals surface area contributed by atoms with E-state index in [0.717, 1.165) is 5.69 Å². The van der Waals surface area contributed by atoms with Crippen molar-refractivity contribution in [1.29, 1.82) is 0 Å². The molecule has 1 fully saturated rings. The first kappa shape index (κ1) is 12.8. The van der Waals surface area contributed by atoms with E-state index in [-0.39, 0.29) is 19.6 Å². The van der Waals surface area contributed by atoms with Crippen molar-refractivity contribution in [1.82, 2.24) is 15.6 Å². The van der Waals surface area contributed by atoms with E-state index in [1.165, 1.54) is 11.3 Å². The van der Waals surface area contributed by atoms with Crippen LogP contribution in [0, 0.1) is 0 Å². The van der Waals surface area contributed by atoms with Crippen LogP contribution in [0.3, 0.4) is 0 Å². The summed E-state index contributed by atoms with van der Waals surface area (Å²) in [5, 5.41) is 16.0. The van der Waals surface area contributed by atoms with Gasteiger partial charge in [-0.1, -0.05) is 0 Å². The van der Waals surface area contributed by atoms with Crippen molar-refractivity contribution in [3.8, 4) is 0 Å². The number of nitrogens with one attached hydrogen (secondary N) is 2. The summed E-state index contributed by atoms with van der Waals surface area (Å²) in [6.45, 7) is 0.594. The summed E-state index contributed by atoms with van der Waals surface area (Å²) in [6.07, 6.45) is 0.270. The van der Waals surface area contributed by atoms with Gasteiger partial charge in [0.25, 0.3) is 0 Å². The molecule has 0 radical (unpaired) electrons. The Balaban J connectivity index is 1.88. The van der Waals surface area contributed by atoms with Gasteiger partial charge in [0.05, 0.1) is 24.4 Å². The maximum absolute atomic E-state index is 11.6. The molecule has 1 aliphatic rings. The van der Waals surface area contributed by atoms with Gasteiger partial charge in [-0.3, -0.25) is 0 Å². The molecule has 1 aromatic heterocycles. The van der Waals surface area contributed by atoms with Crippen molar-refractivity contribution in [3.63, 3.8) is 0 Å². The zero-order valence-electron chi connectivity index (χ0n) is 9.51. The van der Waals surface area contributed by atoms with Gasteiger partial charge in [0, 0.05) is 18.4 Å². The Labute approximate surface area is 107 Å². The van der Waals surface area contributed by atoms with Gasteiger partial charge in [0.2, 0.25) is 0 Å². The average molecular weight is 271 g/mol. The number of aliphatic carboxylic acids is 1. The van der Waals surface area contributed by atoms with Crippen LogP contribution in [0.4, 0.5) is 4.79 Å². The molecule has 0 spiro atoms. The minimum Gasteiger partial charge on any atom is -0.479 e. The Morgan fingerprint density at radius 1 is 1.61 bits per heavy atom. The molecule has 0 aromatic carbocycles. The number of carbonyl (C=O) groups is 2. The summed E-state index contributed by atoms with van der Waals surface area (Å²) in [5.74, 6) is -1.08. The van der Waals surface area contributed by atoms with Crippen molar-refractivity contribution >= 4 is 23.3 Å². The largest absolute Gasteiger partial charge is 0.479 e. The molecule has 2 rings (SSSR count). The standard InChI is InChI=1S/C10H13N3O4S/c14-8(15)10(1-2-17-5-10)13-9(16)11-3-7-4-18-6-12-7/h4,6H,1-3,5H2,(H,14,15)(H2,11,13,16). The van der Waals surface area contributed by atoms with Crippen LogP contribution in [0.2, 0.25) is 0 Å². The lowest BCUT2D eigenvalue weighted by Gasteiger charge is -2.23. The summed E-state index contributed by atoms with van der Waals surface area (Å²) in [5.41, 5.74) is 1.09. The maximum Gasteiger partial charge on any atom is 0.332 e. The molecule has 3 N–H and O–H groups in total. The smallest absolute Gasteiger partial charge is 0.332 e. The van der Waals surface area contributed by atoms with E-state index in [4.69, 9.17) is 9.84 Å². The van der Waals surface area contributed by atoms with Crippen LogP contribution in [-0.4, -0.2) is 40.8 Å². The number of hydrogen-bond donors (Lipinski definition) is 3. The molecule has 0 aliphatic carbocycles. The fourth-order valence-electron chi connectivity index (χ4n) is 1.64. The SMILES string of the molecule is O=C(NCc1cscn1)NC1(C(=O)O)CCOC1. The number of rotatable bonds is 4. The number of thiazole rings is 1. The molecule has 7 nitrogen and oxygen atoms in total. The molecule has 8 heteroatoms. The zero-order chi connectivity index (χ0) is 13.0. The van der Waals surface area contributed by atoms with Gasteiger partial charge in [0.15, 0.2) is 5.54 Å². The Hall–Kier alpha value is -1.67. The lowest BCUT2D eigenvalue weighted by atomic mass is 9.99. The molecular formula is C10H13N3O4S. The molecule has 1 saturated heterocycles. The second-order valence-electron chi connectivity index (χ2n) is 3.98. The van der Waals surface area contributed by atoms with Crippen LogP contribution < -0.4 is 10.6 Å². The molecule has 1 unspecified atom stereocenters. The topological polar surface area (TPSA) is 101 Å². The molecule has 18 heavy (non-hydrogen) atoms. The minimum atomic E-state index is -1.31. The highest BCUT2D eigenvalue weighted by Crippen LogP contribution is 2.18. The van der Waals surface area contributed by atoms with E-state index in [1.807, 2.05) is 5.38 Å². The van der Waals surface area contributed by atoms with Gasteiger partial charge in [-0.2, -0.15) is 0 Å². The summed E-state index contributed by atoms with van der Waals surface area (Å²) in [7, 11) is 0. The highest BCUT2D eigenvalue weighted by molar-refractivity contribution is 7.07. The van der Waals surface area contributed by atoms with Crippen LogP contribution >= 0.6 is 11.3 Å². The van der Waals surface area contributed by atoms with E-state index in [1.54, 1.807) is 5.51 Å². The molecule has 1 aliphatic heterocycles. The first-order valence-corrected chi connectivity index (χ1v) is 6.31. The van der Waals surface area contributed by atoms with Crippen molar-refractivity contribution < 1.29 is 19.4 Å². The van der Waals surface area contributed by atoms with Crippen LogP contribution in [0.1, 0.15) is 12.1 Å². The molecule has 2 heterocycles. The number of ether oxygens (including phenoxy) is 1. The zero-order valence-corrected chi connectivity index (χ0v) is 10.3. The summed E-state index contributed by atoms with van der Waals surface area (Å²) in [4.78, 5) is 26.8. The van der Waals surface area contributed by atoms with E-state index in [2.05, 4.69) is 15.6 Å². The molecule has 0 bridgehead atoms. The third kappa shape index (κ3) is 2.77. The number of carboxylic acids is 1. The molecule has 1 aromatic rings. The number of carbonyl (C=O) groups excluding carboxylic acids is 1. The second-order valence-corrected chi connectivity index (χ2v) is 4.70. The number of carboxylic acid groups (broad SMARTS) is 1. The van der Waals surface area contributed by atoms with Crippen molar-refractivity contribution in [2.24, 2.45) is 0 Å². The predicted octanol–water partition coefficient (Wildman–Crippen LogP) is 0.186.